The molecule has 0 fully saturated rings. The maximum atomic E-state index is 13.1. The maximum Gasteiger partial charge on any atom is 0.234 e. The lowest BCUT2D eigenvalue weighted by Crippen LogP contribution is -2.14. The van der Waals surface area contributed by atoms with E-state index in [4.69, 9.17) is 9.72 Å². The van der Waals surface area contributed by atoms with Crippen molar-refractivity contribution in [3.63, 3.8) is 0 Å². The molecule has 4 aromatic rings. The van der Waals surface area contributed by atoms with Crippen LogP contribution in [0.4, 0.5) is 10.1 Å². The van der Waals surface area contributed by atoms with Gasteiger partial charge in [0.1, 0.15) is 11.6 Å². The molecule has 1 heterocycles. The monoisotopic (exact) mass is 433 g/mol. The SMILES string of the molecule is COc1ccc(-n2cc(-c3ccccc3)nc2SCC(=O)Nc2ccc(F)cc2)cc1. The molecule has 31 heavy (non-hydrogen) atoms. The zero-order chi connectivity index (χ0) is 21.6. The Bertz CT molecular complexity index is 1160. The van der Waals surface area contributed by atoms with Crippen LogP contribution in [-0.2, 0) is 4.79 Å². The Morgan fingerprint density at radius 1 is 1.03 bits per heavy atom. The molecule has 0 aliphatic heterocycles. The second kappa shape index (κ2) is 9.49. The second-order valence-corrected chi connectivity index (χ2v) is 7.63. The number of nitrogens with one attached hydrogen (secondary N) is 1. The van der Waals surface area contributed by atoms with E-state index in [2.05, 4.69) is 5.32 Å². The number of hydrogen-bond donors (Lipinski definition) is 1. The van der Waals surface area contributed by atoms with Crippen molar-refractivity contribution in [2.24, 2.45) is 0 Å². The van der Waals surface area contributed by atoms with Gasteiger partial charge in [-0.25, -0.2) is 9.37 Å². The van der Waals surface area contributed by atoms with E-state index in [1.165, 1.54) is 36.0 Å². The van der Waals surface area contributed by atoms with Crippen LogP contribution in [0.3, 0.4) is 0 Å². The van der Waals surface area contributed by atoms with Crippen molar-refractivity contribution >= 4 is 23.4 Å². The van der Waals surface area contributed by atoms with Gasteiger partial charge in [0.15, 0.2) is 5.16 Å². The maximum absolute atomic E-state index is 13.1. The Hall–Kier alpha value is -3.58. The van der Waals surface area contributed by atoms with Crippen LogP contribution >= 0.6 is 11.8 Å². The predicted octanol–water partition coefficient (Wildman–Crippen LogP) is 5.42. The first-order valence-corrected chi connectivity index (χ1v) is 10.6. The fraction of sp³-hybridized carbons (Fsp3) is 0.0833. The van der Waals surface area contributed by atoms with Crippen LogP contribution in [-0.4, -0.2) is 28.3 Å². The van der Waals surface area contributed by atoms with Gasteiger partial charge in [0, 0.05) is 23.1 Å². The standard InChI is InChI=1S/C24H20FN3O2S/c1-30-21-13-11-20(12-14-21)28-15-22(17-5-3-2-4-6-17)27-24(28)31-16-23(29)26-19-9-7-18(25)8-10-19/h2-15H,16H2,1H3,(H,26,29). The van der Waals surface area contributed by atoms with E-state index in [9.17, 15) is 9.18 Å². The first-order chi connectivity index (χ1) is 15.1. The van der Waals surface area contributed by atoms with Crippen LogP contribution < -0.4 is 10.1 Å². The van der Waals surface area contributed by atoms with Gasteiger partial charge in [0.2, 0.25) is 5.91 Å². The van der Waals surface area contributed by atoms with Crippen molar-refractivity contribution in [1.82, 2.24) is 9.55 Å². The van der Waals surface area contributed by atoms with Crippen molar-refractivity contribution in [3.8, 4) is 22.7 Å². The van der Waals surface area contributed by atoms with Gasteiger partial charge >= 0.3 is 0 Å². The van der Waals surface area contributed by atoms with Crippen molar-refractivity contribution in [3.05, 3.63) is 90.9 Å². The topological polar surface area (TPSA) is 56.2 Å². The molecule has 0 aliphatic carbocycles. The summed E-state index contributed by atoms with van der Waals surface area (Å²) in [5, 5.41) is 3.47. The summed E-state index contributed by atoms with van der Waals surface area (Å²) in [6, 6.07) is 23.2. The van der Waals surface area contributed by atoms with Crippen LogP contribution in [0, 0.1) is 5.82 Å². The van der Waals surface area contributed by atoms with Crippen LogP contribution in [0.2, 0.25) is 0 Å². The van der Waals surface area contributed by atoms with Gasteiger partial charge in [0.25, 0.3) is 0 Å². The fourth-order valence-corrected chi connectivity index (χ4v) is 3.79. The molecule has 0 radical (unpaired) electrons. The zero-order valence-corrected chi connectivity index (χ0v) is 17.6. The molecule has 0 atom stereocenters. The molecule has 1 N–H and O–H groups in total. The molecule has 0 aliphatic rings. The molecule has 0 bridgehead atoms. The molecule has 1 aromatic heterocycles. The minimum atomic E-state index is -0.345. The Morgan fingerprint density at radius 3 is 2.42 bits per heavy atom. The first-order valence-electron chi connectivity index (χ1n) is 9.60. The highest BCUT2D eigenvalue weighted by atomic mass is 32.2. The molecule has 0 unspecified atom stereocenters. The minimum Gasteiger partial charge on any atom is -0.497 e. The van der Waals surface area contributed by atoms with E-state index in [-0.39, 0.29) is 17.5 Å². The Balaban J connectivity index is 1.56. The summed E-state index contributed by atoms with van der Waals surface area (Å²) < 4.78 is 20.3. The number of imidazole rings is 1. The van der Waals surface area contributed by atoms with E-state index in [0.717, 1.165) is 22.7 Å². The average Bonchev–Trinajstić information content (AvgIpc) is 3.24. The fourth-order valence-electron chi connectivity index (χ4n) is 3.00. The first kappa shape index (κ1) is 20.7. The summed E-state index contributed by atoms with van der Waals surface area (Å²) in [4.78, 5) is 17.2. The van der Waals surface area contributed by atoms with Gasteiger partial charge in [-0.15, -0.1) is 0 Å². The number of methoxy groups -OCH3 is 1. The zero-order valence-electron chi connectivity index (χ0n) is 16.8. The van der Waals surface area contributed by atoms with E-state index in [0.29, 0.717) is 10.8 Å². The largest absolute Gasteiger partial charge is 0.497 e. The molecule has 0 saturated carbocycles. The molecule has 0 saturated heterocycles. The number of benzene rings is 3. The number of thioether (sulfide) groups is 1. The lowest BCUT2D eigenvalue weighted by Gasteiger charge is -2.09. The highest BCUT2D eigenvalue weighted by Gasteiger charge is 2.14. The predicted molar refractivity (Wildman–Crippen MR) is 121 cm³/mol. The Labute approximate surface area is 183 Å². The summed E-state index contributed by atoms with van der Waals surface area (Å²) in [5.74, 6) is 0.392. The van der Waals surface area contributed by atoms with Gasteiger partial charge in [-0.3, -0.25) is 9.36 Å². The number of nitrogens with zero attached hydrogens (tertiary/aromatic N) is 2. The lowest BCUT2D eigenvalue weighted by molar-refractivity contribution is -0.113. The van der Waals surface area contributed by atoms with Crippen LogP contribution in [0.25, 0.3) is 16.9 Å². The third-order valence-electron chi connectivity index (χ3n) is 4.55. The van der Waals surface area contributed by atoms with Crippen LogP contribution in [0.5, 0.6) is 5.75 Å². The van der Waals surface area contributed by atoms with Crippen molar-refractivity contribution < 1.29 is 13.9 Å². The number of carbonyl (C=O) groups is 1. The number of ether oxygens (including phenoxy) is 1. The molecule has 4 rings (SSSR count). The summed E-state index contributed by atoms with van der Waals surface area (Å²) in [6.07, 6.45) is 1.96. The number of anilines is 1. The van der Waals surface area contributed by atoms with Gasteiger partial charge in [0.05, 0.1) is 18.6 Å². The summed E-state index contributed by atoms with van der Waals surface area (Å²) in [6.45, 7) is 0. The lowest BCUT2D eigenvalue weighted by atomic mass is 10.2. The molecule has 156 valence electrons. The third kappa shape index (κ3) is 5.13. The summed E-state index contributed by atoms with van der Waals surface area (Å²) in [7, 11) is 1.63. The number of aromatic nitrogens is 2. The molecular weight excluding hydrogens is 413 g/mol. The minimum absolute atomic E-state index is 0.165. The van der Waals surface area contributed by atoms with Crippen LogP contribution in [0.1, 0.15) is 0 Å². The van der Waals surface area contributed by atoms with Gasteiger partial charge in [-0.2, -0.15) is 0 Å². The molecule has 1 amide bonds. The van der Waals surface area contributed by atoms with Crippen molar-refractivity contribution in [2.75, 3.05) is 18.2 Å². The van der Waals surface area contributed by atoms with Crippen molar-refractivity contribution in [2.45, 2.75) is 5.16 Å². The highest BCUT2D eigenvalue weighted by Crippen LogP contribution is 2.28. The van der Waals surface area contributed by atoms with Crippen molar-refractivity contribution in [1.29, 1.82) is 0 Å². The molecular formula is C24H20FN3O2S. The van der Waals surface area contributed by atoms with Gasteiger partial charge in [-0.05, 0) is 48.5 Å². The second-order valence-electron chi connectivity index (χ2n) is 6.69. The van der Waals surface area contributed by atoms with E-state index < -0.39 is 0 Å². The quantitative estimate of drug-likeness (QED) is 0.396. The summed E-state index contributed by atoms with van der Waals surface area (Å²) >= 11 is 1.33. The van der Waals surface area contributed by atoms with E-state index in [1.54, 1.807) is 7.11 Å². The number of hydrogen-bond acceptors (Lipinski definition) is 4. The number of halogens is 1. The average molecular weight is 434 g/mol. The number of amides is 1. The van der Waals surface area contributed by atoms with E-state index >= 15 is 0 Å². The number of rotatable bonds is 7. The molecule has 3 aromatic carbocycles. The van der Waals surface area contributed by atoms with E-state index in [1.807, 2.05) is 65.4 Å². The third-order valence-corrected chi connectivity index (χ3v) is 5.51. The van der Waals surface area contributed by atoms with Gasteiger partial charge in [-0.1, -0.05) is 42.1 Å². The highest BCUT2D eigenvalue weighted by molar-refractivity contribution is 7.99. The summed E-state index contributed by atoms with van der Waals surface area (Å²) in [5.41, 5.74) is 3.28. The van der Waals surface area contributed by atoms with Gasteiger partial charge < -0.3 is 10.1 Å². The Kier molecular flexibility index (Phi) is 6.33. The Morgan fingerprint density at radius 2 is 1.74 bits per heavy atom. The molecule has 0 spiro atoms. The molecule has 5 nitrogen and oxygen atoms in total. The number of carbonyl (C=O) groups excluding carboxylic acids is 1. The molecule has 7 heteroatoms. The smallest absolute Gasteiger partial charge is 0.234 e. The normalized spacial score (nSPS) is 10.6. The van der Waals surface area contributed by atoms with Crippen LogP contribution in [0.15, 0.2) is 90.2 Å².